The molecule has 0 unspecified atom stereocenters. The predicted octanol–water partition coefficient (Wildman–Crippen LogP) is 2.69. The van der Waals surface area contributed by atoms with Crippen LogP contribution in [-0.2, 0) is 10.0 Å². The molecule has 2 heterocycles. The minimum atomic E-state index is -3.41. The van der Waals surface area contributed by atoms with Crippen LogP contribution in [0.25, 0.3) is 0 Å². The van der Waals surface area contributed by atoms with Gasteiger partial charge in [0, 0.05) is 12.6 Å². The Morgan fingerprint density at radius 1 is 1.50 bits per heavy atom. The van der Waals surface area contributed by atoms with Gasteiger partial charge in [0.15, 0.2) is 0 Å². The number of sulfonamides is 1. The molecule has 4 nitrogen and oxygen atoms in total. The van der Waals surface area contributed by atoms with E-state index in [1.807, 2.05) is 0 Å². The molecule has 0 amide bonds. The van der Waals surface area contributed by atoms with E-state index in [9.17, 15) is 8.42 Å². The topological polar surface area (TPSA) is 58.2 Å². The van der Waals surface area contributed by atoms with Gasteiger partial charge in [0.05, 0.1) is 7.57 Å². The van der Waals surface area contributed by atoms with E-state index in [0.717, 1.165) is 23.2 Å². The summed E-state index contributed by atoms with van der Waals surface area (Å²) in [5.74, 6) is 0. The monoisotopic (exact) mass is 416 g/mol. The van der Waals surface area contributed by atoms with Crippen LogP contribution in [0.4, 0.5) is 0 Å². The molecule has 0 aromatic carbocycles. The molecule has 1 aromatic heterocycles. The average Bonchev–Trinajstić information content (AvgIpc) is 2.88. The zero-order valence-electron chi connectivity index (χ0n) is 9.58. The van der Waals surface area contributed by atoms with E-state index in [4.69, 9.17) is 0 Å². The molecule has 8 heteroatoms. The van der Waals surface area contributed by atoms with E-state index < -0.39 is 10.0 Å². The van der Waals surface area contributed by atoms with Crippen molar-refractivity contribution in [2.45, 2.75) is 30.2 Å². The van der Waals surface area contributed by atoms with E-state index in [-0.39, 0.29) is 0 Å². The largest absolute Gasteiger partial charge is 0.314 e. The highest BCUT2D eigenvalue weighted by Gasteiger charge is 2.21. The number of thiophene rings is 1. The summed E-state index contributed by atoms with van der Waals surface area (Å²) in [5.41, 5.74) is 0. The Labute approximate surface area is 128 Å². The number of hydrogen-bond acceptors (Lipinski definition) is 4. The van der Waals surface area contributed by atoms with Crippen LogP contribution in [-0.4, -0.2) is 27.5 Å². The highest BCUT2D eigenvalue weighted by molar-refractivity contribution is 9.12. The van der Waals surface area contributed by atoms with Crippen molar-refractivity contribution in [2.75, 3.05) is 13.1 Å². The number of nitrogens with one attached hydrogen (secondary N) is 2. The Hall–Kier alpha value is 0.530. The van der Waals surface area contributed by atoms with Gasteiger partial charge in [-0.1, -0.05) is 0 Å². The minimum Gasteiger partial charge on any atom is -0.314 e. The van der Waals surface area contributed by atoms with Crippen LogP contribution in [0.3, 0.4) is 0 Å². The summed E-state index contributed by atoms with van der Waals surface area (Å²) in [6, 6.07) is 2.07. The minimum absolute atomic E-state index is 0.304. The molecule has 1 fully saturated rings. The van der Waals surface area contributed by atoms with Gasteiger partial charge in [-0.15, -0.1) is 11.3 Å². The Balaban J connectivity index is 1.93. The van der Waals surface area contributed by atoms with Crippen LogP contribution in [0.5, 0.6) is 0 Å². The van der Waals surface area contributed by atoms with Crippen molar-refractivity contribution < 1.29 is 8.42 Å². The molecule has 1 atom stereocenters. The standard InChI is InChI=1S/C10H14Br2N2O2S2/c11-9-6-8(10(12)17-9)18(15,16)14-5-3-7-2-1-4-13-7/h6-7,13-14H,1-5H2/t7-/m1/s1. The molecule has 1 aliphatic heterocycles. The Morgan fingerprint density at radius 2 is 2.28 bits per heavy atom. The van der Waals surface area contributed by atoms with E-state index in [2.05, 4.69) is 41.9 Å². The van der Waals surface area contributed by atoms with E-state index >= 15 is 0 Å². The normalized spacial score (nSPS) is 20.4. The zero-order valence-corrected chi connectivity index (χ0v) is 14.4. The molecule has 1 aromatic rings. The van der Waals surface area contributed by atoms with Crippen molar-refractivity contribution >= 4 is 53.2 Å². The number of rotatable bonds is 5. The highest BCUT2D eigenvalue weighted by atomic mass is 79.9. The van der Waals surface area contributed by atoms with Crippen molar-refractivity contribution in [3.05, 3.63) is 13.6 Å². The van der Waals surface area contributed by atoms with Gasteiger partial charge in [-0.2, -0.15) is 0 Å². The second-order valence-electron chi connectivity index (χ2n) is 4.17. The smallest absolute Gasteiger partial charge is 0.242 e. The molecule has 18 heavy (non-hydrogen) atoms. The molecular formula is C10H14Br2N2O2S2. The van der Waals surface area contributed by atoms with Crippen LogP contribution in [0, 0.1) is 0 Å². The third-order valence-corrected chi connectivity index (χ3v) is 7.08. The maximum atomic E-state index is 12.1. The fourth-order valence-electron chi connectivity index (χ4n) is 1.96. The lowest BCUT2D eigenvalue weighted by atomic mass is 10.2. The first kappa shape index (κ1) is 14.9. The van der Waals surface area contributed by atoms with E-state index in [1.165, 1.54) is 17.8 Å². The summed E-state index contributed by atoms with van der Waals surface area (Å²) < 4.78 is 28.2. The third kappa shape index (κ3) is 3.77. The van der Waals surface area contributed by atoms with Crippen LogP contribution < -0.4 is 10.0 Å². The predicted molar refractivity (Wildman–Crippen MR) is 80.5 cm³/mol. The first-order valence-electron chi connectivity index (χ1n) is 5.67. The second kappa shape index (κ2) is 6.32. The van der Waals surface area contributed by atoms with Crippen molar-refractivity contribution in [3.8, 4) is 0 Å². The lowest BCUT2D eigenvalue weighted by molar-refractivity contribution is 0.539. The molecule has 1 aliphatic rings. The van der Waals surface area contributed by atoms with Crippen LogP contribution >= 0.6 is 43.2 Å². The molecule has 102 valence electrons. The highest BCUT2D eigenvalue weighted by Crippen LogP contribution is 2.34. The van der Waals surface area contributed by atoms with Crippen molar-refractivity contribution in [1.82, 2.24) is 10.0 Å². The molecular weight excluding hydrogens is 404 g/mol. The Kier molecular flexibility index (Phi) is 5.24. The molecule has 1 saturated heterocycles. The Bertz CT molecular complexity index is 510. The molecule has 0 spiro atoms. The van der Waals surface area contributed by atoms with Gasteiger partial charge >= 0.3 is 0 Å². The first-order valence-corrected chi connectivity index (χ1v) is 9.55. The van der Waals surface area contributed by atoms with Crippen LogP contribution in [0.1, 0.15) is 19.3 Å². The number of halogens is 2. The van der Waals surface area contributed by atoms with Crippen LogP contribution in [0.2, 0.25) is 0 Å². The zero-order chi connectivity index (χ0) is 13.2. The summed E-state index contributed by atoms with van der Waals surface area (Å²) in [4.78, 5) is 0.304. The summed E-state index contributed by atoms with van der Waals surface area (Å²) >= 11 is 7.91. The fourth-order valence-corrected chi connectivity index (χ4v) is 6.81. The molecule has 2 N–H and O–H groups in total. The van der Waals surface area contributed by atoms with E-state index in [0.29, 0.717) is 21.3 Å². The molecule has 0 saturated carbocycles. The van der Waals surface area contributed by atoms with Crippen LogP contribution in [0.15, 0.2) is 18.5 Å². The van der Waals surface area contributed by atoms with Gasteiger partial charge in [0.25, 0.3) is 0 Å². The summed E-state index contributed by atoms with van der Waals surface area (Å²) in [7, 11) is -3.41. The lowest BCUT2D eigenvalue weighted by Crippen LogP contribution is -2.30. The van der Waals surface area contributed by atoms with Gasteiger partial charge in [0.1, 0.15) is 4.90 Å². The second-order valence-corrected chi connectivity index (χ2v) is 9.65. The van der Waals surface area contributed by atoms with Gasteiger partial charge < -0.3 is 5.32 Å². The first-order chi connectivity index (χ1) is 8.49. The molecule has 0 aliphatic carbocycles. The third-order valence-electron chi connectivity index (χ3n) is 2.86. The summed E-state index contributed by atoms with van der Waals surface area (Å²) in [6.45, 7) is 1.51. The molecule has 0 bridgehead atoms. The van der Waals surface area contributed by atoms with Gasteiger partial charge in [-0.3, -0.25) is 0 Å². The fraction of sp³-hybridized carbons (Fsp3) is 0.600. The molecule has 0 radical (unpaired) electrons. The average molecular weight is 418 g/mol. The maximum absolute atomic E-state index is 12.1. The van der Waals surface area contributed by atoms with Crippen molar-refractivity contribution in [2.24, 2.45) is 0 Å². The summed E-state index contributed by atoms with van der Waals surface area (Å²) in [6.07, 6.45) is 3.15. The lowest BCUT2D eigenvalue weighted by Gasteiger charge is -2.10. The quantitative estimate of drug-likeness (QED) is 0.774. The van der Waals surface area contributed by atoms with E-state index in [1.54, 1.807) is 6.07 Å². The Morgan fingerprint density at radius 3 is 2.83 bits per heavy atom. The molecule has 2 rings (SSSR count). The van der Waals surface area contributed by atoms with Crippen molar-refractivity contribution in [1.29, 1.82) is 0 Å². The van der Waals surface area contributed by atoms with Gasteiger partial charge in [-0.05, 0) is 63.7 Å². The van der Waals surface area contributed by atoms with Gasteiger partial charge in [0.2, 0.25) is 10.0 Å². The maximum Gasteiger partial charge on any atom is 0.242 e. The SMILES string of the molecule is O=S(=O)(NCC[C@H]1CCCN1)c1cc(Br)sc1Br. The van der Waals surface area contributed by atoms with Gasteiger partial charge in [-0.25, -0.2) is 13.1 Å². The van der Waals surface area contributed by atoms with Crippen molar-refractivity contribution in [3.63, 3.8) is 0 Å². The summed E-state index contributed by atoms with van der Waals surface area (Å²) in [5, 5.41) is 3.35. The number of hydrogen-bond donors (Lipinski definition) is 2.